The van der Waals surface area contributed by atoms with Crippen molar-refractivity contribution in [1.29, 1.82) is 0 Å². The fraction of sp³-hybridized carbons (Fsp3) is 0.150. The first kappa shape index (κ1) is 15.3. The third-order valence-corrected chi connectivity index (χ3v) is 4.49. The van der Waals surface area contributed by atoms with Crippen molar-refractivity contribution in [2.75, 3.05) is 0 Å². The van der Waals surface area contributed by atoms with Gasteiger partial charge in [0.2, 0.25) is 0 Å². The molecule has 4 aromatic rings. The standard InChI is InChI=1S/C20H17N3O2/c1-12-8-17-16(19(21-12)13(2)24)9-18(22(3)20(17)25)23-10-14-6-4-5-7-15(14)11-23/h4-11H,1-3H3. The highest BCUT2D eigenvalue weighted by atomic mass is 16.1. The molecule has 0 spiro atoms. The van der Waals surface area contributed by atoms with Crippen LogP contribution in [0.2, 0.25) is 0 Å². The van der Waals surface area contributed by atoms with E-state index in [1.165, 1.54) is 6.92 Å². The molecule has 0 amide bonds. The van der Waals surface area contributed by atoms with Gasteiger partial charge in [0.15, 0.2) is 5.78 Å². The molecule has 1 aromatic carbocycles. The average molecular weight is 331 g/mol. The summed E-state index contributed by atoms with van der Waals surface area (Å²) in [6, 6.07) is 11.6. The van der Waals surface area contributed by atoms with Crippen molar-refractivity contribution >= 4 is 27.3 Å². The second-order valence-corrected chi connectivity index (χ2v) is 6.29. The number of rotatable bonds is 2. The largest absolute Gasteiger partial charge is 0.309 e. The molecule has 0 aliphatic rings. The van der Waals surface area contributed by atoms with Gasteiger partial charge in [-0.05, 0) is 29.8 Å². The van der Waals surface area contributed by atoms with Crippen molar-refractivity contribution in [2.45, 2.75) is 13.8 Å². The molecule has 25 heavy (non-hydrogen) atoms. The topological polar surface area (TPSA) is 56.9 Å². The second-order valence-electron chi connectivity index (χ2n) is 6.29. The van der Waals surface area contributed by atoms with E-state index in [2.05, 4.69) is 4.98 Å². The van der Waals surface area contributed by atoms with Gasteiger partial charge in [0.1, 0.15) is 11.5 Å². The van der Waals surface area contributed by atoms with Crippen LogP contribution in [0.1, 0.15) is 23.1 Å². The van der Waals surface area contributed by atoms with Crippen molar-refractivity contribution in [3.63, 3.8) is 0 Å². The molecule has 3 aromatic heterocycles. The number of benzene rings is 1. The number of aryl methyl sites for hydroxylation is 1. The average Bonchev–Trinajstić information content (AvgIpc) is 3.01. The molecule has 0 saturated carbocycles. The second kappa shape index (κ2) is 5.41. The molecule has 3 heterocycles. The predicted octanol–water partition coefficient (Wildman–Crippen LogP) is 3.39. The fourth-order valence-electron chi connectivity index (χ4n) is 3.25. The van der Waals surface area contributed by atoms with Crippen LogP contribution in [0.4, 0.5) is 0 Å². The van der Waals surface area contributed by atoms with Gasteiger partial charge in [-0.3, -0.25) is 14.2 Å². The number of pyridine rings is 2. The van der Waals surface area contributed by atoms with Crippen molar-refractivity contribution in [2.24, 2.45) is 7.05 Å². The summed E-state index contributed by atoms with van der Waals surface area (Å²) >= 11 is 0. The molecule has 0 unspecified atom stereocenters. The number of nitrogens with zero attached hydrogens (tertiary/aromatic N) is 3. The molecule has 124 valence electrons. The maximum atomic E-state index is 12.9. The zero-order valence-electron chi connectivity index (χ0n) is 14.3. The normalized spacial score (nSPS) is 11.3. The number of hydrogen-bond acceptors (Lipinski definition) is 3. The summed E-state index contributed by atoms with van der Waals surface area (Å²) in [7, 11) is 1.74. The van der Waals surface area contributed by atoms with E-state index in [4.69, 9.17) is 0 Å². The molecule has 0 fully saturated rings. The van der Waals surface area contributed by atoms with Crippen LogP contribution in [-0.4, -0.2) is 19.9 Å². The monoisotopic (exact) mass is 331 g/mol. The van der Waals surface area contributed by atoms with Gasteiger partial charge >= 0.3 is 0 Å². The van der Waals surface area contributed by atoms with Crippen LogP contribution in [0.15, 0.2) is 53.6 Å². The zero-order chi connectivity index (χ0) is 17.7. The minimum Gasteiger partial charge on any atom is -0.309 e. The number of carbonyl (C=O) groups is 1. The summed E-state index contributed by atoms with van der Waals surface area (Å²) in [6.45, 7) is 3.26. The van der Waals surface area contributed by atoms with Crippen LogP contribution in [0.25, 0.3) is 27.4 Å². The van der Waals surface area contributed by atoms with Gasteiger partial charge in [0.05, 0.1) is 5.39 Å². The molecule has 5 nitrogen and oxygen atoms in total. The number of ketones is 1. The third-order valence-electron chi connectivity index (χ3n) is 4.49. The molecular weight excluding hydrogens is 314 g/mol. The zero-order valence-corrected chi connectivity index (χ0v) is 14.3. The Labute approximate surface area is 144 Å². The summed E-state index contributed by atoms with van der Waals surface area (Å²) < 4.78 is 3.51. The van der Waals surface area contributed by atoms with E-state index in [-0.39, 0.29) is 11.3 Å². The van der Waals surface area contributed by atoms with Gasteiger partial charge in [0.25, 0.3) is 5.56 Å². The molecule has 0 aliphatic carbocycles. The van der Waals surface area contributed by atoms with Gasteiger partial charge in [-0.1, -0.05) is 24.3 Å². The molecule has 0 N–H and O–H groups in total. The Morgan fingerprint density at radius 3 is 2.28 bits per heavy atom. The molecule has 0 atom stereocenters. The highest BCUT2D eigenvalue weighted by molar-refractivity contribution is 6.05. The Morgan fingerprint density at radius 2 is 1.68 bits per heavy atom. The van der Waals surface area contributed by atoms with Crippen LogP contribution in [-0.2, 0) is 7.05 Å². The van der Waals surface area contributed by atoms with E-state index in [9.17, 15) is 9.59 Å². The van der Waals surface area contributed by atoms with E-state index in [1.54, 1.807) is 24.6 Å². The first-order valence-electron chi connectivity index (χ1n) is 8.05. The summed E-state index contributed by atoms with van der Waals surface area (Å²) in [5.74, 6) is 0.549. The van der Waals surface area contributed by atoms with Gasteiger partial charge in [-0.15, -0.1) is 0 Å². The third kappa shape index (κ3) is 2.36. The maximum Gasteiger partial charge on any atom is 0.259 e. The van der Waals surface area contributed by atoms with Gasteiger partial charge in [-0.2, -0.15) is 0 Å². The highest BCUT2D eigenvalue weighted by Gasteiger charge is 2.15. The number of carbonyl (C=O) groups excluding carboxylic acids is 1. The maximum absolute atomic E-state index is 12.9. The van der Waals surface area contributed by atoms with E-state index >= 15 is 0 Å². The van der Waals surface area contributed by atoms with Gasteiger partial charge < -0.3 is 4.57 Å². The van der Waals surface area contributed by atoms with Crippen LogP contribution in [0.3, 0.4) is 0 Å². The molecule has 0 bridgehead atoms. The molecule has 4 rings (SSSR count). The summed E-state index contributed by atoms with van der Waals surface area (Å²) in [6.07, 6.45) is 3.95. The highest BCUT2D eigenvalue weighted by Crippen LogP contribution is 2.22. The molecule has 0 aliphatic heterocycles. The quantitative estimate of drug-likeness (QED) is 0.529. The van der Waals surface area contributed by atoms with Crippen LogP contribution in [0, 0.1) is 6.92 Å². The number of hydrogen-bond donors (Lipinski definition) is 0. The Balaban J connectivity index is 2.09. The number of Topliss-reactive ketones (excluding diaryl/α,β-unsaturated/α-hetero) is 1. The molecule has 5 heteroatoms. The lowest BCUT2D eigenvalue weighted by molar-refractivity contribution is 0.101. The Kier molecular flexibility index (Phi) is 3.32. The smallest absolute Gasteiger partial charge is 0.259 e. The van der Waals surface area contributed by atoms with Crippen LogP contribution in [0.5, 0.6) is 0 Å². The van der Waals surface area contributed by atoms with Crippen LogP contribution < -0.4 is 5.56 Å². The lowest BCUT2D eigenvalue weighted by Crippen LogP contribution is -2.22. The first-order chi connectivity index (χ1) is 12.0. The minimum atomic E-state index is -0.148. The molecule has 0 radical (unpaired) electrons. The van der Waals surface area contributed by atoms with E-state index in [0.29, 0.717) is 28.0 Å². The lowest BCUT2D eigenvalue weighted by Gasteiger charge is -2.13. The van der Waals surface area contributed by atoms with Crippen LogP contribution >= 0.6 is 0 Å². The van der Waals surface area contributed by atoms with Gasteiger partial charge in [0, 0.05) is 37.4 Å². The summed E-state index contributed by atoms with van der Waals surface area (Å²) in [5.41, 5.74) is 0.859. The Hall–Kier alpha value is -3.21. The fourth-order valence-corrected chi connectivity index (χ4v) is 3.25. The van der Waals surface area contributed by atoms with E-state index in [0.717, 1.165) is 10.8 Å². The molecule has 0 saturated heterocycles. The van der Waals surface area contributed by atoms with Crippen molar-refractivity contribution in [1.82, 2.24) is 14.1 Å². The van der Waals surface area contributed by atoms with Crippen molar-refractivity contribution in [3.8, 4) is 5.82 Å². The van der Waals surface area contributed by atoms with E-state index in [1.807, 2.05) is 47.3 Å². The van der Waals surface area contributed by atoms with Gasteiger partial charge in [-0.25, -0.2) is 4.98 Å². The van der Waals surface area contributed by atoms with Crippen molar-refractivity contribution < 1.29 is 4.79 Å². The lowest BCUT2D eigenvalue weighted by atomic mass is 10.1. The molecular formula is C20H17N3O2. The predicted molar refractivity (Wildman–Crippen MR) is 98.6 cm³/mol. The number of aromatic nitrogens is 3. The SMILES string of the molecule is CC(=O)c1nc(C)cc2c(=O)n(C)c(-n3cc4ccccc4c3)cc12. The summed E-state index contributed by atoms with van der Waals surface area (Å²) in [4.78, 5) is 29.2. The summed E-state index contributed by atoms with van der Waals surface area (Å²) in [5, 5.41) is 3.28. The number of fused-ring (bicyclic) bond motifs is 2. The Bertz CT molecular complexity index is 1180. The Morgan fingerprint density at radius 1 is 1.04 bits per heavy atom. The van der Waals surface area contributed by atoms with E-state index < -0.39 is 0 Å². The first-order valence-corrected chi connectivity index (χ1v) is 8.05. The van der Waals surface area contributed by atoms with Crippen molar-refractivity contribution in [3.05, 3.63) is 70.5 Å². The minimum absolute atomic E-state index is 0.141.